The molecule has 4 aromatic heterocycles. The largest absolute Gasteiger partial charge is 0.496 e. The number of likely N-dealkylation sites (tertiary alicyclic amines) is 4. The molecule has 4 saturated heterocycles. The normalized spacial score (nSPS) is 20.9. The molecule has 10 aliphatic rings. The summed E-state index contributed by atoms with van der Waals surface area (Å²) in [7, 11) is 5.24. The summed E-state index contributed by atoms with van der Waals surface area (Å²) >= 11 is 6.33. The first kappa shape index (κ1) is 96.9. The standard InChI is InChI=1S/C27H37N3O2.C24H26F5N3O2.C23H30ClN3O4S.C22H23F6N3O3.2H2/c1-26(2,3)20-12-11-19(18-23(20)32-4)25(31)29-16-13-27(14-17-29)24-10-7-15-30(24)22-9-6-5-8-21(22)28-27;1-30-11-12-32-19(24(27,28)29)14-18(26)20(32)22(30)7-9-31(10-8-22)21(33)15-3-4-16(17(25)13-15)23(34)5-2-6-23;1-16(2)31-19-6-5-17(15-18(19)24)22(28)26-11-9-23(10-12-26)20-7-8-21(32(4,29)30)27(20)14-13-25(23)3;1-29-9-10-31-17(22(26,27)28)12-14(23)18(31)21(29)5-7-30(8-6-21)19(32)13-3-4-15(34-20(24)25)16(11-13)33-2;;/h7,10-12,15,18,21-22,28H,5-6,8-9,13-14,16-17H2,1-4H3;3-4,13-14,34H,2,5-12H2,1H3;5-8,15-16H,9-14H2,1-4H3;3-4,11-12,20H,5-10H2,1-2H3;2*1H/t21?,22-;;;;;/m1...../s1. The number of alkyl halides is 8. The molecule has 4 aromatic carbocycles. The number of benzene rings is 4. The molecule has 2 N–H and O–H groups in total. The number of rotatable bonds is 12. The van der Waals surface area contributed by atoms with Crippen LogP contribution in [0.25, 0.3) is 0 Å². The maximum absolute atomic E-state index is 14.9. The van der Waals surface area contributed by atoms with Crippen molar-refractivity contribution in [1.82, 2.24) is 57.9 Å². The Balaban J connectivity index is 0.000000151. The number of amides is 4. The van der Waals surface area contributed by atoms with Crippen molar-refractivity contribution in [3.63, 3.8) is 0 Å². The Kier molecular flexibility index (Phi) is 27.3. The fourth-order valence-corrected chi connectivity index (χ4v) is 23.1. The second kappa shape index (κ2) is 37.2. The molecule has 36 heteroatoms. The van der Waals surface area contributed by atoms with Crippen molar-refractivity contribution in [1.29, 1.82) is 0 Å². The van der Waals surface area contributed by atoms with Crippen LogP contribution in [0.2, 0.25) is 5.02 Å². The fourth-order valence-electron chi connectivity index (χ4n) is 22.0. The molecule has 8 aliphatic heterocycles. The number of hydrogen-bond acceptors (Lipinski definition) is 15. The average molecular weight is 1890 g/mol. The van der Waals surface area contributed by atoms with Gasteiger partial charge in [0.1, 0.15) is 45.4 Å². The lowest BCUT2D eigenvalue weighted by Gasteiger charge is -2.52. The van der Waals surface area contributed by atoms with Gasteiger partial charge < -0.3 is 67.2 Å². The molecule has 18 rings (SSSR count). The number of piperidine rings is 4. The van der Waals surface area contributed by atoms with Gasteiger partial charge in [-0.05, 0) is 214 Å². The zero-order chi connectivity index (χ0) is 95.1. The Bertz CT molecular complexity index is 5740. The van der Waals surface area contributed by atoms with Crippen LogP contribution in [0, 0.1) is 17.5 Å². The molecule has 23 nitrogen and oxygen atoms in total. The predicted molar refractivity (Wildman–Crippen MR) is 477 cm³/mol. The maximum Gasteiger partial charge on any atom is 0.431 e. The molecule has 132 heavy (non-hydrogen) atoms. The lowest BCUT2D eigenvalue weighted by molar-refractivity contribution is -0.145. The summed E-state index contributed by atoms with van der Waals surface area (Å²) in [6.07, 6.45) is 5.53. The molecule has 1 unspecified atom stereocenters. The van der Waals surface area contributed by atoms with Gasteiger partial charge in [0.05, 0.1) is 64.5 Å². The smallest absolute Gasteiger partial charge is 0.431 e. The topological polar surface area (TPSA) is 214 Å². The van der Waals surface area contributed by atoms with E-state index in [4.69, 9.17) is 25.8 Å². The number of methoxy groups -OCH3 is 2. The molecule has 720 valence electrons. The highest BCUT2D eigenvalue weighted by molar-refractivity contribution is 7.90. The van der Waals surface area contributed by atoms with Crippen LogP contribution >= 0.6 is 11.6 Å². The number of hydrogen-bond donors (Lipinski definition) is 2. The number of aromatic nitrogens is 4. The zero-order valence-electron chi connectivity index (χ0n) is 76.2. The number of nitrogens with zero attached hydrogens (tertiary/aromatic N) is 11. The molecule has 2 aliphatic carbocycles. The Morgan fingerprint density at radius 3 is 1.40 bits per heavy atom. The molecule has 12 heterocycles. The molecule has 8 aromatic rings. The first-order valence-corrected chi connectivity index (χ1v) is 47.5. The lowest BCUT2D eigenvalue weighted by Crippen LogP contribution is -2.61. The van der Waals surface area contributed by atoms with Crippen LogP contribution in [-0.2, 0) is 75.0 Å². The summed E-state index contributed by atoms with van der Waals surface area (Å²) in [5, 5.41) is 15.3. The van der Waals surface area contributed by atoms with Crippen LogP contribution in [0.15, 0.2) is 120 Å². The number of carbonyl (C=O) groups excluding carboxylic acids is 4. The summed E-state index contributed by atoms with van der Waals surface area (Å²) in [6.45, 7) is 12.9. The van der Waals surface area contributed by atoms with Crippen LogP contribution in [0.3, 0.4) is 0 Å². The third-order valence-electron chi connectivity index (χ3n) is 29.2. The highest BCUT2D eigenvalue weighted by Crippen LogP contribution is 2.52. The SMILES string of the molecule is CC(C)Oc1ccc(C(=O)N2CCC3(CC2)c2ccc(S(C)(=O)=O)n2CCN3C)cc1Cl.CN1CCn2c(C(F)(F)F)cc(F)c2C12CCN(C(=O)c1ccc(C3(O)CCC3)c(F)c1)CC2.COc1cc(C(=O)N2CCC3(CC2)NC2CCCC[C@H]2n2cccc23)ccc1C(C)(C)C.COc1cc(C(=O)N2CCC3(CC2)c2c(F)cc(C(F)(F)F)n2CCN3C)ccc1OC(F)F.[HH].[HH]. The Morgan fingerprint density at radius 2 is 0.947 bits per heavy atom. The van der Waals surface area contributed by atoms with E-state index in [0.29, 0.717) is 91.1 Å². The number of nitrogens with one attached hydrogen (secondary N) is 1. The Labute approximate surface area is 769 Å². The van der Waals surface area contributed by atoms with Gasteiger partial charge in [0, 0.05) is 170 Å². The number of sulfone groups is 1. The molecular weight excluding hydrogens is 1770 g/mol. The van der Waals surface area contributed by atoms with E-state index in [-0.39, 0.29) is 142 Å². The van der Waals surface area contributed by atoms with E-state index in [1.807, 2.05) is 56.2 Å². The minimum atomic E-state index is -4.67. The molecule has 0 bridgehead atoms. The van der Waals surface area contributed by atoms with Crippen molar-refractivity contribution in [2.45, 2.75) is 226 Å². The van der Waals surface area contributed by atoms with E-state index in [0.717, 1.165) is 89.5 Å². The van der Waals surface area contributed by atoms with Gasteiger partial charge in [-0.3, -0.25) is 33.9 Å². The van der Waals surface area contributed by atoms with Gasteiger partial charge in [-0.2, -0.15) is 35.1 Å². The van der Waals surface area contributed by atoms with Gasteiger partial charge in [-0.25, -0.2) is 21.6 Å². The molecule has 6 fully saturated rings. The quantitative estimate of drug-likeness (QED) is 0.109. The molecule has 4 amide bonds. The number of fused-ring (bicyclic) bond motifs is 10. The number of carbonyl (C=O) groups is 4. The van der Waals surface area contributed by atoms with Crippen LogP contribution in [0.5, 0.6) is 23.0 Å². The van der Waals surface area contributed by atoms with Gasteiger partial charge in [0.15, 0.2) is 21.3 Å². The van der Waals surface area contributed by atoms with Crippen molar-refractivity contribution in [2.75, 3.05) is 114 Å². The van der Waals surface area contributed by atoms with Crippen molar-refractivity contribution < 1.29 is 103 Å². The maximum atomic E-state index is 14.9. The third-order valence-corrected chi connectivity index (χ3v) is 30.6. The minimum Gasteiger partial charge on any atom is -0.496 e. The summed E-state index contributed by atoms with van der Waals surface area (Å²) in [4.78, 5) is 65.6. The van der Waals surface area contributed by atoms with Gasteiger partial charge in [0.25, 0.3) is 23.6 Å². The van der Waals surface area contributed by atoms with Crippen LogP contribution in [-0.4, -0.2) is 222 Å². The van der Waals surface area contributed by atoms with Crippen molar-refractivity contribution >= 4 is 45.1 Å². The van der Waals surface area contributed by atoms with Gasteiger partial charge in [-0.1, -0.05) is 57.3 Å². The molecule has 2 saturated carbocycles. The van der Waals surface area contributed by atoms with Gasteiger partial charge in [0.2, 0.25) is 0 Å². The highest BCUT2D eigenvalue weighted by atomic mass is 35.5. The van der Waals surface area contributed by atoms with E-state index < -0.39 is 86.1 Å². The lowest BCUT2D eigenvalue weighted by atomic mass is 9.75. The highest BCUT2D eigenvalue weighted by Gasteiger charge is 2.54. The van der Waals surface area contributed by atoms with E-state index >= 15 is 0 Å². The van der Waals surface area contributed by atoms with E-state index in [2.05, 4.69) is 71.7 Å². The number of likely N-dealkylation sites (N-methyl/N-ethyl adjacent to an activating group) is 3. The van der Waals surface area contributed by atoms with E-state index in [1.54, 1.807) is 45.5 Å². The van der Waals surface area contributed by atoms with Crippen LogP contribution < -0.4 is 24.3 Å². The molecule has 4 spiro atoms. The third kappa shape index (κ3) is 18.5. The second-order valence-electron chi connectivity index (χ2n) is 38.0. The summed E-state index contributed by atoms with van der Waals surface area (Å²) in [5.74, 6) is -2.04. The second-order valence-corrected chi connectivity index (χ2v) is 40.4. The minimum absolute atomic E-state index is 0. The van der Waals surface area contributed by atoms with Crippen LogP contribution in [0.4, 0.5) is 48.3 Å². The van der Waals surface area contributed by atoms with Gasteiger partial charge >= 0.3 is 19.0 Å². The molecule has 2 atom stereocenters. The summed E-state index contributed by atoms with van der Waals surface area (Å²) in [6, 6.07) is 29.4. The van der Waals surface area contributed by atoms with E-state index in [9.17, 15) is 81.0 Å². The predicted octanol–water partition coefficient (Wildman–Crippen LogP) is 17.5. The monoisotopic (exact) mass is 1890 g/mol. The van der Waals surface area contributed by atoms with Gasteiger partial charge in [-0.15, -0.1) is 0 Å². The number of ether oxygens (including phenoxy) is 4. The van der Waals surface area contributed by atoms with E-state index in [1.165, 1.54) is 84.9 Å². The number of aliphatic hydroxyl groups is 1. The van der Waals surface area contributed by atoms with Crippen molar-refractivity contribution in [2.24, 2.45) is 0 Å². The molecule has 0 radical (unpaired) electrons. The zero-order valence-corrected chi connectivity index (χ0v) is 77.8. The fraction of sp³-hybridized carbons (Fsp3) is 0.542. The summed E-state index contributed by atoms with van der Waals surface area (Å²) < 4.78 is 202. The summed E-state index contributed by atoms with van der Waals surface area (Å²) in [5.41, 5.74) is -0.0487. The van der Waals surface area contributed by atoms with Crippen molar-refractivity contribution in [3.8, 4) is 23.0 Å². The first-order chi connectivity index (χ1) is 62.3. The van der Waals surface area contributed by atoms with Crippen LogP contribution in [0.1, 0.15) is 227 Å². The number of halogens is 12. The Hall–Kier alpha value is -9.65. The first-order valence-electron chi connectivity index (χ1n) is 45.2. The van der Waals surface area contributed by atoms with Crippen molar-refractivity contribution in [3.05, 3.63) is 205 Å². The average Bonchev–Trinajstić information content (AvgIpc) is 1.55. The Morgan fingerprint density at radius 1 is 0.500 bits per heavy atom. The molecular formula is C96H120ClF11N12O11S.